The van der Waals surface area contributed by atoms with Crippen molar-refractivity contribution in [2.24, 2.45) is 11.7 Å². The van der Waals surface area contributed by atoms with Gasteiger partial charge in [0.05, 0.1) is 0 Å². The first kappa shape index (κ1) is 11.1. The van der Waals surface area contributed by atoms with E-state index in [2.05, 4.69) is 6.07 Å². The summed E-state index contributed by atoms with van der Waals surface area (Å²) in [5.41, 5.74) is 7.70. The summed E-state index contributed by atoms with van der Waals surface area (Å²) >= 11 is 0. The number of benzene rings is 1. The van der Waals surface area contributed by atoms with Gasteiger partial charge < -0.3 is 10.8 Å². The molecule has 2 nitrogen and oxygen atoms in total. The van der Waals surface area contributed by atoms with Crippen molar-refractivity contribution in [3.05, 3.63) is 29.8 Å². The Morgan fingerprint density at radius 3 is 2.76 bits per heavy atom. The van der Waals surface area contributed by atoms with E-state index < -0.39 is 0 Å². The molecule has 0 heterocycles. The van der Waals surface area contributed by atoms with Gasteiger partial charge in [-0.3, -0.25) is 0 Å². The first-order valence-corrected chi connectivity index (χ1v) is 6.75. The molecule has 0 saturated heterocycles. The summed E-state index contributed by atoms with van der Waals surface area (Å²) in [7, 11) is 0. The number of phenols is 1. The zero-order valence-electron chi connectivity index (χ0n) is 10.2. The number of hydrogen-bond donors (Lipinski definition) is 2. The molecule has 2 aliphatic carbocycles. The molecular formula is C15H21NO. The number of nitrogens with two attached hydrogens (primary N) is 1. The quantitative estimate of drug-likeness (QED) is 0.839. The van der Waals surface area contributed by atoms with Crippen LogP contribution in [0.4, 0.5) is 0 Å². The van der Waals surface area contributed by atoms with Crippen LogP contribution in [0.1, 0.15) is 50.0 Å². The van der Waals surface area contributed by atoms with E-state index in [1.165, 1.54) is 37.7 Å². The van der Waals surface area contributed by atoms with E-state index in [4.69, 9.17) is 5.73 Å². The van der Waals surface area contributed by atoms with Gasteiger partial charge in [-0.2, -0.15) is 0 Å². The van der Waals surface area contributed by atoms with Crippen molar-refractivity contribution in [1.82, 2.24) is 0 Å². The second-order valence-corrected chi connectivity index (χ2v) is 5.94. The zero-order valence-corrected chi connectivity index (χ0v) is 10.2. The lowest BCUT2D eigenvalue weighted by Crippen LogP contribution is -2.27. The van der Waals surface area contributed by atoms with Crippen LogP contribution in [0.25, 0.3) is 0 Å². The number of hydrogen-bond acceptors (Lipinski definition) is 2. The van der Waals surface area contributed by atoms with E-state index in [1.807, 2.05) is 12.1 Å². The van der Waals surface area contributed by atoms with Crippen molar-refractivity contribution >= 4 is 0 Å². The minimum atomic E-state index is 0.0167. The topological polar surface area (TPSA) is 46.2 Å². The lowest BCUT2D eigenvalue weighted by Gasteiger charge is -2.16. The maximum absolute atomic E-state index is 9.50. The molecule has 92 valence electrons. The molecule has 2 unspecified atom stereocenters. The van der Waals surface area contributed by atoms with E-state index >= 15 is 0 Å². The largest absolute Gasteiger partial charge is 0.508 e. The van der Waals surface area contributed by atoms with Gasteiger partial charge in [0.1, 0.15) is 5.75 Å². The Hall–Kier alpha value is -1.02. The first-order valence-electron chi connectivity index (χ1n) is 6.75. The monoisotopic (exact) mass is 231 g/mol. The van der Waals surface area contributed by atoms with Gasteiger partial charge in [0.25, 0.3) is 0 Å². The molecule has 2 aliphatic rings. The molecule has 0 bridgehead atoms. The van der Waals surface area contributed by atoms with Crippen LogP contribution in [0, 0.1) is 5.92 Å². The van der Waals surface area contributed by atoms with Crippen LogP contribution in [0.5, 0.6) is 5.75 Å². The average molecular weight is 231 g/mol. The Kier molecular flexibility index (Phi) is 2.62. The second-order valence-electron chi connectivity index (χ2n) is 5.94. The van der Waals surface area contributed by atoms with Crippen molar-refractivity contribution in [1.29, 1.82) is 0 Å². The Bertz CT molecular complexity index is 411. The molecule has 1 aromatic carbocycles. The number of aromatic hydroxyl groups is 1. The third-order valence-corrected chi connectivity index (χ3v) is 4.53. The van der Waals surface area contributed by atoms with E-state index in [1.54, 1.807) is 6.07 Å². The molecule has 17 heavy (non-hydrogen) atoms. The minimum absolute atomic E-state index is 0.0167. The van der Waals surface area contributed by atoms with E-state index in [9.17, 15) is 5.11 Å². The van der Waals surface area contributed by atoms with Crippen LogP contribution in [0.3, 0.4) is 0 Å². The predicted octanol–water partition coefficient (Wildman–Crippen LogP) is 3.16. The summed E-state index contributed by atoms with van der Waals surface area (Å²) in [6.07, 6.45) is 7.77. The smallest absolute Gasteiger partial charge is 0.115 e. The number of rotatable bonds is 3. The molecule has 1 aromatic rings. The van der Waals surface area contributed by atoms with Gasteiger partial charge in [-0.05, 0) is 36.5 Å². The minimum Gasteiger partial charge on any atom is -0.508 e. The standard InChI is InChI=1S/C15H21NO/c16-15(9-11-4-1-2-5-11)10-14(15)12-6-3-7-13(17)8-12/h3,6-8,11,14,17H,1-2,4-5,9-10,16H2. The third-order valence-electron chi connectivity index (χ3n) is 4.53. The highest BCUT2D eigenvalue weighted by molar-refractivity contribution is 5.37. The van der Waals surface area contributed by atoms with Gasteiger partial charge in [-0.15, -0.1) is 0 Å². The van der Waals surface area contributed by atoms with Gasteiger partial charge in [0.2, 0.25) is 0 Å². The van der Waals surface area contributed by atoms with Crippen molar-refractivity contribution in [2.75, 3.05) is 0 Å². The van der Waals surface area contributed by atoms with Crippen molar-refractivity contribution < 1.29 is 5.11 Å². The lowest BCUT2D eigenvalue weighted by molar-refractivity contribution is 0.424. The maximum atomic E-state index is 9.50. The Morgan fingerprint density at radius 2 is 2.06 bits per heavy atom. The summed E-state index contributed by atoms with van der Waals surface area (Å²) in [6, 6.07) is 7.60. The highest BCUT2D eigenvalue weighted by Gasteiger charge is 2.52. The molecule has 0 radical (unpaired) electrons. The number of phenolic OH excluding ortho intramolecular Hbond substituents is 1. The molecule has 2 atom stereocenters. The van der Waals surface area contributed by atoms with Crippen LogP contribution in [-0.2, 0) is 0 Å². The Labute approximate surface area is 103 Å². The second kappa shape index (κ2) is 4.02. The summed E-state index contributed by atoms with van der Waals surface area (Å²) in [6.45, 7) is 0. The summed E-state index contributed by atoms with van der Waals surface area (Å²) in [4.78, 5) is 0. The van der Waals surface area contributed by atoms with Gasteiger partial charge in [0, 0.05) is 11.5 Å². The molecule has 2 heteroatoms. The fourth-order valence-electron chi connectivity index (χ4n) is 3.49. The fraction of sp³-hybridized carbons (Fsp3) is 0.600. The van der Waals surface area contributed by atoms with Crippen LogP contribution in [-0.4, -0.2) is 10.6 Å². The van der Waals surface area contributed by atoms with Crippen LogP contribution >= 0.6 is 0 Å². The van der Waals surface area contributed by atoms with E-state index in [0.29, 0.717) is 11.7 Å². The SMILES string of the molecule is NC1(CC2CCCC2)CC1c1cccc(O)c1. The molecule has 3 rings (SSSR count). The van der Waals surface area contributed by atoms with Crippen LogP contribution in [0.15, 0.2) is 24.3 Å². The highest BCUT2D eigenvalue weighted by atomic mass is 16.3. The summed E-state index contributed by atoms with van der Waals surface area (Å²) in [5.74, 6) is 1.68. The fourth-order valence-corrected chi connectivity index (χ4v) is 3.49. The Morgan fingerprint density at radius 1 is 1.29 bits per heavy atom. The van der Waals surface area contributed by atoms with Gasteiger partial charge in [-0.25, -0.2) is 0 Å². The third kappa shape index (κ3) is 2.19. The summed E-state index contributed by atoms with van der Waals surface area (Å²) < 4.78 is 0. The molecule has 0 aromatic heterocycles. The van der Waals surface area contributed by atoms with Crippen molar-refractivity contribution in [3.63, 3.8) is 0 Å². The zero-order chi connectivity index (χ0) is 11.9. The van der Waals surface area contributed by atoms with Crippen molar-refractivity contribution in [3.8, 4) is 5.75 Å². The van der Waals surface area contributed by atoms with E-state index in [-0.39, 0.29) is 5.54 Å². The van der Waals surface area contributed by atoms with Gasteiger partial charge >= 0.3 is 0 Å². The molecule has 0 amide bonds. The Balaban J connectivity index is 1.67. The van der Waals surface area contributed by atoms with Crippen molar-refractivity contribution in [2.45, 2.75) is 50.0 Å². The molecule has 3 N–H and O–H groups in total. The maximum Gasteiger partial charge on any atom is 0.115 e. The lowest BCUT2D eigenvalue weighted by atomic mass is 9.94. The van der Waals surface area contributed by atoms with Gasteiger partial charge in [0.15, 0.2) is 0 Å². The summed E-state index contributed by atoms with van der Waals surface area (Å²) in [5, 5.41) is 9.50. The normalized spacial score (nSPS) is 32.9. The molecule has 2 fully saturated rings. The highest BCUT2D eigenvalue weighted by Crippen LogP contribution is 2.54. The predicted molar refractivity (Wildman–Crippen MR) is 69.0 cm³/mol. The van der Waals surface area contributed by atoms with Crippen LogP contribution in [0.2, 0.25) is 0 Å². The molecule has 0 spiro atoms. The molecular weight excluding hydrogens is 210 g/mol. The molecule has 2 saturated carbocycles. The molecule has 0 aliphatic heterocycles. The average Bonchev–Trinajstić information content (AvgIpc) is 2.72. The van der Waals surface area contributed by atoms with Crippen LogP contribution < -0.4 is 5.73 Å². The first-order chi connectivity index (χ1) is 8.17. The van der Waals surface area contributed by atoms with Gasteiger partial charge in [-0.1, -0.05) is 37.8 Å². The van der Waals surface area contributed by atoms with E-state index in [0.717, 1.165) is 12.3 Å².